The topological polar surface area (TPSA) is 17.1 Å². The van der Waals surface area contributed by atoms with E-state index in [1.54, 1.807) is 0 Å². The molecule has 2 heteroatoms. The molecule has 0 spiro atoms. The molecule has 0 aromatic heterocycles. The summed E-state index contributed by atoms with van der Waals surface area (Å²) < 4.78 is 12.0. The molecule has 0 saturated carbocycles. The molecular weight excluding hydrogens is 299 g/mol. The van der Waals surface area contributed by atoms with Crippen LogP contribution >= 0.6 is 7.80 Å². The lowest BCUT2D eigenvalue weighted by Crippen LogP contribution is -2.04. The first-order valence-corrected chi connectivity index (χ1v) is 9.18. The van der Waals surface area contributed by atoms with Crippen molar-refractivity contribution in [3.63, 3.8) is 0 Å². The average Bonchev–Trinajstić information content (AvgIpc) is 2.61. The highest BCUT2D eigenvalue weighted by Gasteiger charge is 2.03. The van der Waals surface area contributed by atoms with Crippen molar-refractivity contribution in [1.29, 1.82) is 0 Å². The van der Waals surface area contributed by atoms with Gasteiger partial charge in [0, 0.05) is 10.6 Å². The summed E-state index contributed by atoms with van der Waals surface area (Å²) in [5.74, 6) is 0. The van der Waals surface area contributed by atoms with Crippen molar-refractivity contribution in [3.8, 4) is 0 Å². The van der Waals surface area contributed by atoms with Crippen LogP contribution in [0.4, 0.5) is 0 Å². The molecule has 0 heterocycles. The van der Waals surface area contributed by atoms with Gasteiger partial charge in [0.1, 0.15) is 7.80 Å². The van der Waals surface area contributed by atoms with Gasteiger partial charge in [-0.2, -0.15) is 0 Å². The van der Waals surface area contributed by atoms with Crippen LogP contribution in [0.2, 0.25) is 0 Å². The van der Waals surface area contributed by atoms with E-state index in [9.17, 15) is 4.57 Å². The predicted octanol–water partition coefficient (Wildman–Crippen LogP) is 4.81. The Labute approximate surface area is 139 Å². The molecule has 0 N–H and O–H groups in total. The van der Waals surface area contributed by atoms with Crippen LogP contribution in [0.1, 0.15) is 16.7 Å². The van der Waals surface area contributed by atoms with E-state index in [1.807, 2.05) is 60.7 Å². The van der Waals surface area contributed by atoms with Crippen LogP contribution < -0.4 is 10.6 Å². The lowest BCUT2D eigenvalue weighted by molar-refractivity contribution is 0.598. The van der Waals surface area contributed by atoms with E-state index in [0.717, 1.165) is 10.6 Å². The Morgan fingerprint density at radius 3 is 1.30 bits per heavy atom. The minimum Gasteiger partial charge on any atom is -0.317 e. The van der Waals surface area contributed by atoms with Crippen LogP contribution in [-0.4, -0.2) is 0 Å². The zero-order valence-corrected chi connectivity index (χ0v) is 14.9. The lowest BCUT2D eigenvalue weighted by atomic mass is 10.1. The van der Waals surface area contributed by atoms with E-state index in [-0.39, 0.29) is 0 Å². The molecular formula is C21H23OP. The van der Waals surface area contributed by atoms with E-state index in [1.165, 1.54) is 16.7 Å². The number of benzene rings is 3. The number of hydrogen-bond donors (Lipinski definition) is 0. The van der Waals surface area contributed by atoms with Gasteiger partial charge < -0.3 is 4.57 Å². The molecule has 0 saturated heterocycles. The molecule has 118 valence electrons. The summed E-state index contributed by atoms with van der Waals surface area (Å²) in [6.45, 7) is 6.44. The second kappa shape index (κ2) is 8.50. The summed E-state index contributed by atoms with van der Waals surface area (Å²) in [6.07, 6.45) is 0. The van der Waals surface area contributed by atoms with Crippen LogP contribution in [0, 0.1) is 20.8 Å². The number of rotatable bonds is 2. The van der Waals surface area contributed by atoms with Crippen LogP contribution in [0.3, 0.4) is 0 Å². The summed E-state index contributed by atoms with van der Waals surface area (Å²) in [6, 6.07) is 25.6. The highest BCUT2D eigenvalue weighted by molar-refractivity contribution is 7.61. The summed E-state index contributed by atoms with van der Waals surface area (Å²) >= 11 is 0. The lowest BCUT2D eigenvalue weighted by Gasteiger charge is -2.01. The zero-order valence-electron chi connectivity index (χ0n) is 13.9. The SMILES string of the molecule is Cc1cccc(C)c1C.O=[PH](c1ccccc1)c1ccccc1. The first kappa shape index (κ1) is 17.2. The first-order chi connectivity index (χ1) is 11.1. The van der Waals surface area contributed by atoms with Gasteiger partial charge in [0.25, 0.3) is 0 Å². The molecule has 0 unspecified atom stereocenters. The van der Waals surface area contributed by atoms with Gasteiger partial charge in [-0.15, -0.1) is 0 Å². The number of aryl methyl sites for hydroxylation is 2. The normalized spacial score (nSPS) is 10.1. The molecule has 0 aliphatic heterocycles. The van der Waals surface area contributed by atoms with Gasteiger partial charge >= 0.3 is 0 Å². The highest BCUT2D eigenvalue weighted by Crippen LogP contribution is 2.18. The fourth-order valence-electron chi connectivity index (χ4n) is 2.24. The molecule has 23 heavy (non-hydrogen) atoms. The van der Waals surface area contributed by atoms with E-state index in [0.29, 0.717) is 0 Å². The molecule has 0 radical (unpaired) electrons. The molecule has 1 nitrogen and oxygen atoms in total. The van der Waals surface area contributed by atoms with Gasteiger partial charge in [0.15, 0.2) is 0 Å². The minimum atomic E-state index is -1.79. The quantitative estimate of drug-likeness (QED) is 0.619. The van der Waals surface area contributed by atoms with Gasteiger partial charge in [0.2, 0.25) is 0 Å². The van der Waals surface area contributed by atoms with Crippen LogP contribution in [0.15, 0.2) is 78.9 Å². The van der Waals surface area contributed by atoms with E-state index >= 15 is 0 Å². The zero-order chi connectivity index (χ0) is 16.7. The molecule has 0 bridgehead atoms. The Hall–Kier alpha value is -2.11. The van der Waals surface area contributed by atoms with Gasteiger partial charge in [0.05, 0.1) is 0 Å². The molecule has 0 fully saturated rings. The molecule has 3 aromatic rings. The molecule has 0 aliphatic carbocycles. The predicted molar refractivity (Wildman–Crippen MR) is 102 cm³/mol. The first-order valence-electron chi connectivity index (χ1n) is 7.77. The van der Waals surface area contributed by atoms with Gasteiger partial charge in [-0.1, -0.05) is 78.9 Å². The van der Waals surface area contributed by atoms with Crippen LogP contribution in [0.5, 0.6) is 0 Å². The van der Waals surface area contributed by atoms with E-state index < -0.39 is 7.80 Å². The Morgan fingerprint density at radius 1 is 0.565 bits per heavy atom. The third-order valence-electron chi connectivity index (χ3n) is 3.95. The summed E-state index contributed by atoms with van der Waals surface area (Å²) in [7, 11) is -1.79. The highest BCUT2D eigenvalue weighted by atomic mass is 31.1. The molecule has 3 aromatic carbocycles. The van der Waals surface area contributed by atoms with Gasteiger partial charge in [-0.05, 0) is 37.5 Å². The smallest absolute Gasteiger partial charge is 0.131 e. The second-order valence-electron chi connectivity index (χ2n) is 5.58. The standard InChI is InChI=1S/C12H11OP.C9H12/c13-14(11-7-3-1-4-8-11)12-9-5-2-6-10-12;1-7-5-4-6-8(2)9(7)3/h1-10,14H;4-6H,1-3H3. The third-order valence-corrected chi connectivity index (χ3v) is 5.66. The Balaban J connectivity index is 0.000000185. The molecule has 0 atom stereocenters. The largest absolute Gasteiger partial charge is 0.317 e. The van der Waals surface area contributed by atoms with Crippen molar-refractivity contribution in [1.82, 2.24) is 0 Å². The summed E-state index contributed by atoms with van der Waals surface area (Å²) in [5, 5.41) is 1.84. The molecule has 0 aliphatic rings. The maximum absolute atomic E-state index is 12.0. The van der Waals surface area contributed by atoms with Crippen molar-refractivity contribution in [2.45, 2.75) is 20.8 Å². The van der Waals surface area contributed by atoms with Crippen molar-refractivity contribution < 1.29 is 4.57 Å². The average molecular weight is 322 g/mol. The monoisotopic (exact) mass is 322 g/mol. The minimum absolute atomic E-state index is 0.920. The fraction of sp³-hybridized carbons (Fsp3) is 0.143. The van der Waals surface area contributed by atoms with Crippen molar-refractivity contribution in [3.05, 3.63) is 95.6 Å². The Morgan fingerprint density at radius 2 is 0.957 bits per heavy atom. The van der Waals surface area contributed by atoms with Gasteiger partial charge in [-0.25, -0.2) is 0 Å². The van der Waals surface area contributed by atoms with Crippen molar-refractivity contribution in [2.75, 3.05) is 0 Å². The fourth-order valence-corrected chi connectivity index (χ4v) is 3.57. The summed E-state index contributed by atoms with van der Waals surface area (Å²) in [4.78, 5) is 0. The van der Waals surface area contributed by atoms with E-state index in [2.05, 4.69) is 39.0 Å². The van der Waals surface area contributed by atoms with Crippen LogP contribution in [-0.2, 0) is 4.57 Å². The Kier molecular flexibility index (Phi) is 6.38. The molecule has 0 amide bonds. The van der Waals surface area contributed by atoms with Crippen molar-refractivity contribution in [2.24, 2.45) is 0 Å². The number of hydrogen-bond acceptors (Lipinski definition) is 1. The van der Waals surface area contributed by atoms with E-state index in [4.69, 9.17) is 0 Å². The summed E-state index contributed by atoms with van der Waals surface area (Å²) in [5.41, 5.74) is 4.18. The van der Waals surface area contributed by atoms with Crippen molar-refractivity contribution >= 4 is 18.4 Å². The second-order valence-corrected chi connectivity index (χ2v) is 7.39. The molecule has 3 rings (SSSR count). The van der Waals surface area contributed by atoms with Gasteiger partial charge in [-0.3, -0.25) is 0 Å². The van der Waals surface area contributed by atoms with Crippen LogP contribution in [0.25, 0.3) is 0 Å². The maximum atomic E-state index is 12.0. The Bertz CT molecular complexity index is 703. The third kappa shape index (κ3) is 4.94. The maximum Gasteiger partial charge on any atom is 0.131 e.